The van der Waals surface area contributed by atoms with Crippen molar-refractivity contribution in [3.8, 4) is 11.5 Å². The smallest absolute Gasteiger partial charge is 0.226 e. The molecule has 2 heterocycles. The fourth-order valence-corrected chi connectivity index (χ4v) is 3.44. The first-order chi connectivity index (χ1) is 11.6. The van der Waals surface area contributed by atoms with Gasteiger partial charge in [-0.05, 0) is 62.5 Å². The van der Waals surface area contributed by atoms with Crippen molar-refractivity contribution in [3.63, 3.8) is 0 Å². The lowest BCUT2D eigenvalue weighted by Gasteiger charge is -2.37. The zero-order valence-electron chi connectivity index (χ0n) is 15.3. The lowest BCUT2D eigenvalue weighted by atomic mass is 9.87. The summed E-state index contributed by atoms with van der Waals surface area (Å²) < 4.78 is 11.4. The number of carbonyl (C=O) groups excluding carboxylic acids is 1. The van der Waals surface area contributed by atoms with Gasteiger partial charge < -0.3 is 19.7 Å². The van der Waals surface area contributed by atoms with E-state index in [0.29, 0.717) is 25.7 Å². The number of benzene rings is 1. The van der Waals surface area contributed by atoms with E-state index in [1.165, 1.54) is 11.1 Å². The molecule has 1 aromatic rings. The molecule has 2 aliphatic heterocycles. The Morgan fingerprint density at radius 1 is 1.20 bits per heavy atom. The number of amides is 1. The number of nitrogens with one attached hydrogen (secondary N) is 1. The van der Waals surface area contributed by atoms with Crippen molar-refractivity contribution in [2.45, 2.75) is 33.7 Å². The van der Waals surface area contributed by atoms with Gasteiger partial charge in [-0.1, -0.05) is 6.92 Å². The number of hydrogen-bond acceptors (Lipinski definition) is 4. The predicted molar refractivity (Wildman–Crippen MR) is 101 cm³/mol. The lowest BCUT2D eigenvalue weighted by molar-refractivity contribution is -0.138. The Labute approximate surface area is 156 Å². The van der Waals surface area contributed by atoms with Crippen molar-refractivity contribution in [3.05, 3.63) is 23.3 Å². The Balaban J connectivity index is 0.00000225. The molecule has 0 aliphatic carbocycles. The van der Waals surface area contributed by atoms with Crippen LogP contribution < -0.4 is 14.8 Å². The van der Waals surface area contributed by atoms with Crippen LogP contribution in [0.15, 0.2) is 12.1 Å². The minimum absolute atomic E-state index is 0. The van der Waals surface area contributed by atoms with Gasteiger partial charge in [0.15, 0.2) is 11.5 Å². The average molecular weight is 369 g/mol. The van der Waals surface area contributed by atoms with E-state index >= 15 is 0 Å². The van der Waals surface area contributed by atoms with Crippen molar-refractivity contribution in [2.24, 2.45) is 11.8 Å². The van der Waals surface area contributed by atoms with Crippen LogP contribution in [0.3, 0.4) is 0 Å². The standard InChI is InChI=1S/C19H28N2O3.ClH/c1-4-23-17-8-14-6-7-21(12-15(14)9-18(17)24-5-2)19(22)13(3)16-10-20-11-16;/h8-9,13,16,20H,4-7,10-12H2,1-3H3;1H. The molecule has 1 N–H and O–H groups in total. The Kier molecular flexibility index (Phi) is 6.96. The summed E-state index contributed by atoms with van der Waals surface area (Å²) in [5, 5.41) is 3.25. The first kappa shape index (κ1) is 19.9. The zero-order chi connectivity index (χ0) is 17.1. The summed E-state index contributed by atoms with van der Waals surface area (Å²) >= 11 is 0. The predicted octanol–water partition coefficient (Wildman–Crippen LogP) is 2.65. The molecular formula is C19H29ClN2O3. The molecule has 1 saturated heterocycles. The van der Waals surface area contributed by atoms with Crippen LogP contribution in [0.5, 0.6) is 11.5 Å². The molecule has 0 radical (unpaired) electrons. The molecule has 0 bridgehead atoms. The fourth-order valence-electron chi connectivity index (χ4n) is 3.44. The van der Waals surface area contributed by atoms with E-state index < -0.39 is 0 Å². The van der Waals surface area contributed by atoms with E-state index in [1.807, 2.05) is 18.7 Å². The molecule has 6 heteroatoms. The van der Waals surface area contributed by atoms with Gasteiger partial charge >= 0.3 is 0 Å². The van der Waals surface area contributed by atoms with Gasteiger partial charge in [-0.3, -0.25) is 4.79 Å². The number of hydrogen-bond donors (Lipinski definition) is 1. The molecule has 140 valence electrons. The highest BCUT2D eigenvalue weighted by Crippen LogP contribution is 2.34. The third-order valence-corrected chi connectivity index (χ3v) is 5.10. The number of halogens is 1. The highest BCUT2D eigenvalue weighted by atomic mass is 35.5. The van der Waals surface area contributed by atoms with E-state index in [9.17, 15) is 4.79 Å². The van der Waals surface area contributed by atoms with Crippen molar-refractivity contribution in [1.29, 1.82) is 0 Å². The molecule has 3 rings (SSSR count). The molecule has 0 spiro atoms. The minimum Gasteiger partial charge on any atom is -0.490 e. The topological polar surface area (TPSA) is 50.8 Å². The SMILES string of the molecule is CCOc1cc2c(cc1OCC)CN(C(=O)C(C)C1CNC1)CC2.Cl. The van der Waals surface area contributed by atoms with Crippen molar-refractivity contribution < 1.29 is 14.3 Å². The summed E-state index contributed by atoms with van der Waals surface area (Å²) in [5.74, 6) is 2.45. The van der Waals surface area contributed by atoms with Crippen molar-refractivity contribution in [2.75, 3.05) is 32.8 Å². The van der Waals surface area contributed by atoms with Gasteiger partial charge in [-0.25, -0.2) is 0 Å². The van der Waals surface area contributed by atoms with Gasteiger partial charge in [0.05, 0.1) is 13.2 Å². The summed E-state index contributed by atoms with van der Waals surface area (Å²) in [6, 6.07) is 4.14. The molecule has 5 nitrogen and oxygen atoms in total. The molecule has 2 aliphatic rings. The highest BCUT2D eigenvalue weighted by Gasteiger charge is 2.33. The maximum atomic E-state index is 12.8. The van der Waals surface area contributed by atoms with Crippen LogP contribution in [0.1, 0.15) is 31.9 Å². The van der Waals surface area contributed by atoms with Gasteiger partial charge in [0.1, 0.15) is 0 Å². The van der Waals surface area contributed by atoms with Gasteiger partial charge in [0, 0.05) is 19.0 Å². The molecule has 1 unspecified atom stereocenters. The number of fused-ring (bicyclic) bond motifs is 1. The second kappa shape index (κ2) is 8.77. The average Bonchev–Trinajstić information content (AvgIpc) is 2.53. The van der Waals surface area contributed by atoms with Gasteiger partial charge in [-0.2, -0.15) is 0 Å². The van der Waals surface area contributed by atoms with Gasteiger partial charge in [0.25, 0.3) is 0 Å². The molecule has 1 fully saturated rings. The Bertz CT molecular complexity index is 605. The van der Waals surface area contributed by atoms with Crippen LogP contribution in [0.4, 0.5) is 0 Å². The Morgan fingerprint density at radius 2 is 1.80 bits per heavy atom. The van der Waals surface area contributed by atoms with Gasteiger partial charge in [-0.15, -0.1) is 12.4 Å². The molecule has 1 atom stereocenters. The van der Waals surface area contributed by atoms with E-state index in [2.05, 4.69) is 24.4 Å². The summed E-state index contributed by atoms with van der Waals surface area (Å²) in [5.41, 5.74) is 2.45. The molecule has 1 aromatic carbocycles. The first-order valence-electron chi connectivity index (χ1n) is 9.04. The summed E-state index contributed by atoms with van der Waals surface area (Å²) in [7, 11) is 0. The Hall–Kier alpha value is -1.46. The van der Waals surface area contributed by atoms with Crippen LogP contribution >= 0.6 is 12.4 Å². The third kappa shape index (κ3) is 4.21. The van der Waals surface area contributed by atoms with Crippen LogP contribution in [-0.4, -0.2) is 43.7 Å². The summed E-state index contributed by atoms with van der Waals surface area (Å²) in [6.45, 7) is 10.6. The van der Waals surface area contributed by atoms with Gasteiger partial charge in [0.2, 0.25) is 5.91 Å². The van der Waals surface area contributed by atoms with Crippen LogP contribution in [0.25, 0.3) is 0 Å². The maximum Gasteiger partial charge on any atom is 0.226 e. The normalized spacial score (nSPS) is 17.8. The summed E-state index contributed by atoms with van der Waals surface area (Å²) in [4.78, 5) is 14.8. The van der Waals surface area contributed by atoms with E-state index in [-0.39, 0.29) is 24.2 Å². The molecular weight excluding hydrogens is 340 g/mol. The van der Waals surface area contributed by atoms with E-state index in [4.69, 9.17) is 9.47 Å². The first-order valence-corrected chi connectivity index (χ1v) is 9.04. The molecule has 0 saturated carbocycles. The number of nitrogens with zero attached hydrogens (tertiary/aromatic N) is 1. The largest absolute Gasteiger partial charge is 0.490 e. The quantitative estimate of drug-likeness (QED) is 0.838. The number of carbonyl (C=O) groups is 1. The molecule has 1 amide bonds. The number of rotatable bonds is 6. The molecule has 25 heavy (non-hydrogen) atoms. The maximum absolute atomic E-state index is 12.8. The van der Waals surface area contributed by atoms with E-state index in [0.717, 1.165) is 37.6 Å². The lowest BCUT2D eigenvalue weighted by Crippen LogP contribution is -2.51. The van der Waals surface area contributed by atoms with Crippen molar-refractivity contribution >= 4 is 18.3 Å². The molecule has 0 aromatic heterocycles. The second-order valence-corrected chi connectivity index (χ2v) is 6.65. The fraction of sp³-hybridized carbons (Fsp3) is 0.632. The summed E-state index contributed by atoms with van der Waals surface area (Å²) in [6.07, 6.45) is 0.878. The van der Waals surface area contributed by atoms with E-state index in [1.54, 1.807) is 0 Å². The van der Waals surface area contributed by atoms with Crippen LogP contribution in [-0.2, 0) is 17.8 Å². The number of ether oxygens (including phenoxy) is 2. The highest BCUT2D eigenvalue weighted by molar-refractivity contribution is 5.85. The second-order valence-electron chi connectivity index (χ2n) is 6.65. The zero-order valence-corrected chi connectivity index (χ0v) is 16.2. The minimum atomic E-state index is 0. The monoisotopic (exact) mass is 368 g/mol. The Morgan fingerprint density at radius 3 is 2.32 bits per heavy atom. The third-order valence-electron chi connectivity index (χ3n) is 5.10. The van der Waals surface area contributed by atoms with Crippen molar-refractivity contribution in [1.82, 2.24) is 10.2 Å². The van der Waals surface area contributed by atoms with Crippen LogP contribution in [0, 0.1) is 11.8 Å². The van der Waals surface area contributed by atoms with Crippen LogP contribution in [0.2, 0.25) is 0 Å².